The fraction of sp³-hybridized carbons (Fsp3) is 0.364. The van der Waals surface area contributed by atoms with Crippen LogP contribution in [0, 0.1) is 12.3 Å². The molecule has 0 spiro atoms. The normalized spacial score (nSPS) is 16.3. The third kappa shape index (κ3) is 6.60. The van der Waals surface area contributed by atoms with Crippen molar-refractivity contribution in [3.63, 3.8) is 0 Å². The van der Waals surface area contributed by atoms with Crippen molar-refractivity contribution >= 4 is 18.0 Å². The monoisotopic (exact) mass is 554 g/mol. The van der Waals surface area contributed by atoms with E-state index in [0.29, 0.717) is 18.1 Å². The summed E-state index contributed by atoms with van der Waals surface area (Å²) in [6.07, 6.45) is 8.61. The van der Waals surface area contributed by atoms with E-state index in [0.717, 1.165) is 54.2 Å². The minimum absolute atomic E-state index is 0.0628. The summed E-state index contributed by atoms with van der Waals surface area (Å²) in [6.45, 7) is 4.65. The minimum atomic E-state index is -1.27. The van der Waals surface area contributed by atoms with Gasteiger partial charge < -0.3 is 25.3 Å². The number of ether oxygens (including phenoxy) is 2. The molecular formula is C33H38N4O4. The third-order valence-electron chi connectivity index (χ3n) is 8.09. The maximum atomic E-state index is 11.5. The number of hydrogen-bond donors (Lipinski definition) is 3. The summed E-state index contributed by atoms with van der Waals surface area (Å²) in [7, 11) is 1.35. The van der Waals surface area contributed by atoms with Crippen molar-refractivity contribution in [1.82, 2.24) is 9.88 Å². The predicted molar refractivity (Wildman–Crippen MR) is 160 cm³/mol. The highest BCUT2D eigenvalue weighted by atomic mass is 16.5. The van der Waals surface area contributed by atoms with Gasteiger partial charge in [0.05, 0.1) is 12.8 Å². The standard InChI is InChI=1S/C33H38N4O4/c1-22-8-6-11-27(29-12-7-13-30(35-29)36-32(40-2)28(19-34)33(38)39)31(22)41-21-23-14-15-25-20-37(17-16-24(25)18-23)26-9-4-3-5-10-26/h6-8,11-15,18-19,26,34H,3-5,9-10,16-17,20-21H2,1-2H3,(H,35,36)(H,38,39)/b32-28-,34-19?. The maximum Gasteiger partial charge on any atom is 0.342 e. The molecule has 8 nitrogen and oxygen atoms in total. The molecule has 2 aromatic carbocycles. The highest BCUT2D eigenvalue weighted by molar-refractivity contribution is 6.08. The van der Waals surface area contributed by atoms with Crippen LogP contribution in [0.1, 0.15) is 54.4 Å². The van der Waals surface area contributed by atoms with Crippen LogP contribution in [0.4, 0.5) is 5.82 Å². The first-order valence-corrected chi connectivity index (χ1v) is 14.3. The number of hydrogen-bond acceptors (Lipinski definition) is 7. The van der Waals surface area contributed by atoms with E-state index < -0.39 is 5.97 Å². The summed E-state index contributed by atoms with van der Waals surface area (Å²) in [4.78, 5) is 18.8. The number of carbonyl (C=O) groups is 1. The van der Waals surface area contributed by atoms with Crippen LogP contribution in [0.5, 0.6) is 5.75 Å². The number of nitrogens with one attached hydrogen (secondary N) is 2. The number of benzene rings is 2. The molecule has 0 atom stereocenters. The van der Waals surface area contributed by atoms with Crippen LogP contribution >= 0.6 is 0 Å². The van der Waals surface area contributed by atoms with E-state index in [1.807, 2.05) is 37.3 Å². The van der Waals surface area contributed by atoms with Gasteiger partial charge in [-0.15, -0.1) is 0 Å². The molecule has 8 heteroatoms. The van der Waals surface area contributed by atoms with Gasteiger partial charge in [-0.1, -0.05) is 55.7 Å². The van der Waals surface area contributed by atoms with Crippen molar-refractivity contribution in [3.8, 4) is 17.0 Å². The zero-order valence-corrected chi connectivity index (χ0v) is 23.8. The highest BCUT2D eigenvalue weighted by Gasteiger charge is 2.25. The van der Waals surface area contributed by atoms with Crippen LogP contribution in [0.2, 0.25) is 0 Å². The Hall–Kier alpha value is -4.17. The SMILES string of the molecule is CO/C(Nc1cccc(-c2cccc(C)c2OCc2ccc3c(c2)CCN(C2CCCCC2)C3)n1)=C(/C=N)C(=O)O. The average Bonchev–Trinajstić information content (AvgIpc) is 3.00. The molecule has 1 fully saturated rings. The lowest BCUT2D eigenvalue weighted by Crippen LogP contribution is -2.40. The second kappa shape index (κ2) is 13.0. The van der Waals surface area contributed by atoms with Crippen LogP contribution in [-0.2, 0) is 29.1 Å². The predicted octanol–water partition coefficient (Wildman–Crippen LogP) is 6.33. The van der Waals surface area contributed by atoms with Gasteiger partial charge in [0, 0.05) is 30.9 Å². The van der Waals surface area contributed by atoms with E-state index in [2.05, 4.69) is 33.4 Å². The Balaban J connectivity index is 1.32. The second-order valence-electron chi connectivity index (χ2n) is 10.8. The van der Waals surface area contributed by atoms with Gasteiger partial charge >= 0.3 is 5.97 Å². The van der Waals surface area contributed by atoms with Gasteiger partial charge in [0.15, 0.2) is 0 Å². The van der Waals surface area contributed by atoms with Gasteiger partial charge in [0.1, 0.15) is 23.7 Å². The number of carboxylic acid groups (broad SMARTS) is 1. The third-order valence-corrected chi connectivity index (χ3v) is 8.09. The Bertz CT molecular complexity index is 1440. The first-order valence-electron chi connectivity index (χ1n) is 14.3. The number of rotatable bonds is 10. The lowest BCUT2D eigenvalue weighted by molar-refractivity contribution is -0.132. The quantitative estimate of drug-likeness (QED) is 0.153. The van der Waals surface area contributed by atoms with Crippen molar-refractivity contribution < 1.29 is 19.4 Å². The Kier molecular flexibility index (Phi) is 8.99. The molecule has 1 aromatic heterocycles. The molecule has 1 aliphatic heterocycles. The summed E-state index contributed by atoms with van der Waals surface area (Å²) in [6, 6.07) is 18.9. The van der Waals surface area contributed by atoms with E-state index in [4.69, 9.17) is 14.9 Å². The van der Waals surface area contributed by atoms with Crippen molar-refractivity contribution in [2.24, 2.45) is 0 Å². The Labute approximate surface area is 241 Å². The van der Waals surface area contributed by atoms with Crippen molar-refractivity contribution in [3.05, 3.63) is 88.3 Å². The first-order chi connectivity index (χ1) is 20.0. The number of para-hydroxylation sites is 1. The molecule has 41 heavy (non-hydrogen) atoms. The second-order valence-corrected chi connectivity index (χ2v) is 10.8. The number of nitrogens with zero attached hydrogens (tertiary/aromatic N) is 2. The van der Waals surface area contributed by atoms with Crippen molar-refractivity contribution in [1.29, 1.82) is 5.41 Å². The molecule has 5 rings (SSSR count). The zero-order chi connectivity index (χ0) is 28.8. The van der Waals surface area contributed by atoms with Crippen molar-refractivity contribution in [2.75, 3.05) is 19.0 Å². The van der Waals surface area contributed by atoms with E-state index >= 15 is 0 Å². The van der Waals surface area contributed by atoms with Gasteiger partial charge in [0.2, 0.25) is 5.88 Å². The molecule has 0 amide bonds. The van der Waals surface area contributed by atoms with E-state index in [1.54, 1.807) is 6.07 Å². The Morgan fingerprint density at radius 3 is 2.68 bits per heavy atom. The highest BCUT2D eigenvalue weighted by Crippen LogP contribution is 2.34. The fourth-order valence-electron chi connectivity index (χ4n) is 5.90. The summed E-state index contributed by atoms with van der Waals surface area (Å²) >= 11 is 0. The lowest BCUT2D eigenvalue weighted by Gasteiger charge is -2.37. The number of aliphatic carboxylic acids is 1. The number of pyridine rings is 1. The fourth-order valence-corrected chi connectivity index (χ4v) is 5.90. The molecule has 2 heterocycles. The Morgan fingerprint density at radius 1 is 1.12 bits per heavy atom. The van der Waals surface area contributed by atoms with Crippen molar-refractivity contribution in [2.45, 2.75) is 64.6 Å². The molecule has 0 unspecified atom stereocenters. The molecule has 2 aliphatic rings. The Morgan fingerprint density at radius 2 is 1.93 bits per heavy atom. The molecule has 0 saturated heterocycles. The number of anilines is 1. The van der Waals surface area contributed by atoms with Gasteiger partial charge in [-0.25, -0.2) is 9.78 Å². The van der Waals surface area contributed by atoms with Crippen LogP contribution in [0.25, 0.3) is 11.3 Å². The van der Waals surface area contributed by atoms with E-state index in [9.17, 15) is 9.90 Å². The largest absolute Gasteiger partial charge is 0.488 e. The smallest absolute Gasteiger partial charge is 0.342 e. The number of fused-ring (bicyclic) bond motifs is 1. The number of methoxy groups -OCH3 is 1. The lowest BCUT2D eigenvalue weighted by atomic mass is 9.90. The number of carboxylic acids is 1. The van der Waals surface area contributed by atoms with Gasteiger partial charge in [-0.3, -0.25) is 4.90 Å². The molecule has 1 saturated carbocycles. The number of aryl methyl sites for hydroxylation is 1. The maximum absolute atomic E-state index is 11.5. The molecule has 1 aliphatic carbocycles. The van der Waals surface area contributed by atoms with Crippen LogP contribution in [0.3, 0.4) is 0 Å². The van der Waals surface area contributed by atoms with Gasteiger partial charge in [-0.05, 0) is 66.6 Å². The van der Waals surface area contributed by atoms with Crippen LogP contribution in [-0.4, -0.2) is 46.9 Å². The summed E-state index contributed by atoms with van der Waals surface area (Å²) in [5.74, 6) is -0.179. The van der Waals surface area contributed by atoms with E-state index in [-0.39, 0.29) is 11.5 Å². The summed E-state index contributed by atoms with van der Waals surface area (Å²) in [5, 5.41) is 19.7. The van der Waals surface area contributed by atoms with Gasteiger partial charge in [0.25, 0.3) is 0 Å². The summed E-state index contributed by atoms with van der Waals surface area (Å²) in [5.41, 5.74) is 6.22. The van der Waals surface area contributed by atoms with Crippen LogP contribution < -0.4 is 10.1 Å². The molecule has 3 aromatic rings. The summed E-state index contributed by atoms with van der Waals surface area (Å²) < 4.78 is 11.6. The van der Waals surface area contributed by atoms with E-state index in [1.165, 1.54) is 50.3 Å². The zero-order valence-electron chi connectivity index (χ0n) is 23.8. The molecular weight excluding hydrogens is 516 g/mol. The molecule has 214 valence electrons. The average molecular weight is 555 g/mol. The first kappa shape index (κ1) is 28.4. The molecule has 0 radical (unpaired) electrons. The molecule has 0 bridgehead atoms. The molecule has 3 N–H and O–H groups in total. The topological polar surface area (TPSA) is 108 Å². The minimum Gasteiger partial charge on any atom is -0.488 e. The van der Waals surface area contributed by atoms with Gasteiger partial charge in [-0.2, -0.15) is 0 Å². The number of aromatic nitrogens is 1. The van der Waals surface area contributed by atoms with Crippen LogP contribution in [0.15, 0.2) is 66.1 Å².